The Labute approximate surface area is 118 Å². The van der Waals surface area contributed by atoms with Crippen LogP contribution in [0.15, 0.2) is 44.9 Å². The van der Waals surface area contributed by atoms with Crippen molar-refractivity contribution in [3.63, 3.8) is 0 Å². The number of azo groups is 1. The van der Waals surface area contributed by atoms with Crippen LogP contribution < -0.4 is 0 Å². The van der Waals surface area contributed by atoms with Crippen LogP contribution >= 0.6 is 46.1 Å². The third-order valence-corrected chi connectivity index (χ3v) is 5.13. The maximum atomic E-state index is 4.16. The Bertz CT molecular complexity index is 393. The summed E-state index contributed by atoms with van der Waals surface area (Å²) in [5.41, 5.74) is 0.906. The first-order valence-corrected chi connectivity index (χ1v) is 8.02. The maximum Gasteiger partial charge on any atom is 0.0857 e. The van der Waals surface area contributed by atoms with E-state index in [0.717, 1.165) is 5.69 Å². The number of thioether (sulfide) groups is 2. The van der Waals surface area contributed by atoms with Gasteiger partial charge in [0.1, 0.15) is 0 Å². The summed E-state index contributed by atoms with van der Waals surface area (Å²) in [6.45, 7) is 0. The standard InChI is InChI=1S/C11H11IN2S2/c12-9-2-4-10(5-3-9)14-13-8-11-15-6-1-7-16-11/h2-5,8H,1,6-7H2. The Morgan fingerprint density at radius 3 is 2.50 bits per heavy atom. The molecular weight excluding hydrogens is 351 g/mol. The molecule has 16 heavy (non-hydrogen) atoms. The molecule has 0 spiro atoms. The van der Waals surface area contributed by atoms with Crippen LogP contribution in [0.1, 0.15) is 6.42 Å². The van der Waals surface area contributed by atoms with Gasteiger partial charge < -0.3 is 0 Å². The number of hydrogen-bond acceptors (Lipinski definition) is 4. The topological polar surface area (TPSA) is 24.7 Å². The van der Waals surface area contributed by atoms with Gasteiger partial charge in [-0.1, -0.05) is 0 Å². The fourth-order valence-electron chi connectivity index (χ4n) is 1.17. The molecule has 1 aromatic rings. The van der Waals surface area contributed by atoms with Crippen molar-refractivity contribution in [2.45, 2.75) is 6.42 Å². The van der Waals surface area contributed by atoms with Crippen molar-refractivity contribution >= 4 is 51.8 Å². The fourth-order valence-corrected chi connectivity index (χ4v) is 3.77. The van der Waals surface area contributed by atoms with E-state index in [4.69, 9.17) is 0 Å². The van der Waals surface area contributed by atoms with E-state index in [1.54, 1.807) is 0 Å². The van der Waals surface area contributed by atoms with Crippen molar-refractivity contribution in [2.75, 3.05) is 11.5 Å². The van der Waals surface area contributed by atoms with Gasteiger partial charge in [-0.15, -0.1) is 23.5 Å². The van der Waals surface area contributed by atoms with E-state index < -0.39 is 0 Å². The van der Waals surface area contributed by atoms with Crippen molar-refractivity contribution < 1.29 is 0 Å². The van der Waals surface area contributed by atoms with Crippen LogP contribution in [0.3, 0.4) is 0 Å². The number of hydrogen-bond donors (Lipinski definition) is 0. The summed E-state index contributed by atoms with van der Waals surface area (Å²) in [6.07, 6.45) is 3.16. The van der Waals surface area contributed by atoms with Crippen LogP contribution in [0, 0.1) is 3.57 Å². The van der Waals surface area contributed by atoms with E-state index in [1.165, 1.54) is 25.7 Å². The number of nitrogens with zero attached hydrogens (tertiary/aromatic N) is 2. The first-order valence-electron chi connectivity index (χ1n) is 4.97. The van der Waals surface area contributed by atoms with Crippen LogP contribution in [0.5, 0.6) is 0 Å². The molecule has 1 aliphatic rings. The predicted molar refractivity (Wildman–Crippen MR) is 81.3 cm³/mol. The van der Waals surface area contributed by atoms with Crippen LogP contribution in [0.2, 0.25) is 0 Å². The quantitative estimate of drug-likeness (QED) is 0.544. The molecule has 84 valence electrons. The summed E-state index contributed by atoms with van der Waals surface area (Å²) in [5, 5.41) is 8.27. The smallest absolute Gasteiger partial charge is 0.0857 e. The third kappa shape index (κ3) is 4.10. The minimum atomic E-state index is 0.906. The van der Waals surface area contributed by atoms with Crippen molar-refractivity contribution in [3.05, 3.63) is 38.3 Å². The minimum Gasteiger partial charge on any atom is -0.157 e. The SMILES string of the molecule is Ic1ccc(N=NC=C2SCCCS2)cc1. The third-order valence-electron chi connectivity index (χ3n) is 1.94. The second-order valence-corrected chi connectivity index (χ2v) is 6.97. The lowest BCUT2D eigenvalue weighted by molar-refractivity contribution is 1.12. The van der Waals surface area contributed by atoms with E-state index in [1.807, 2.05) is 54.0 Å². The number of rotatable bonds is 2. The zero-order chi connectivity index (χ0) is 11.2. The number of halogens is 1. The van der Waals surface area contributed by atoms with Gasteiger partial charge in [-0.3, -0.25) is 0 Å². The van der Waals surface area contributed by atoms with Gasteiger partial charge >= 0.3 is 0 Å². The zero-order valence-electron chi connectivity index (χ0n) is 8.60. The molecule has 5 heteroatoms. The Morgan fingerprint density at radius 1 is 1.12 bits per heavy atom. The van der Waals surface area contributed by atoms with Gasteiger partial charge in [-0.25, -0.2) is 0 Å². The van der Waals surface area contributed by atoms with E-state index in [0.29, 0.717) is 0 Å². The highest BCUT2D eigenvalue weighted by Crippen LogP contribution is 2.34. The molecule has 2 rings (SSSR count). The Kier molecular flexibility index (Phi) is 5.18. The number of benzene rings is 1. The molecule has 0 aromatic heterocycles. The lowest BCUT2D eigenvalue weighted by atomic mass is 10.3. The van der Waals surface area contributed by atoms with Crippen LogP contribution in [-0.4, -0.2) is 11.5 Å². The van der Waals surface area contributed by atoms with Gasteiger partial charge in [0, 0.05) is 3.57 Å². The lowest BCUT2D eigenvalue weighted by Crippen LogP contribution is -1.90. The fraction of sp³-hybridized carbons (Fsp3) is 0.273. The summed E-state index contributed by atoms with van der Waals surface area (Å²) in [4.78, 5) is 0. The second-order valence-electron chi connectivity index (χ2n) is 3.19. The molecule has 1 saturated heterocycles. The van der Waals surface area contributed by atoms with Crippen LogP contribution in [0.25, 0.3) is 0 Å². The summed E-state index contributed by atoms with van der Waals surface area (Å²) in [6, 6.07) is 8.02. The van der Waals surface area contributed by atoms with E-state index in [-0.39, 0.29) is 0 Å². The molecule has 0 radical (unpaired) electrons. The second kappa shape index (κ2) is 6.66. The molecule has 0 atom stereocenters. The Morgan fingerprint density at radius 2 is 1.81 bits per heavy atom. The maximum absolute atomic E-state index is 4.16. The van der Waals surface area contributed by atoms with Gasteiger partial charge in [0.25, 0.3) is 0 Å². The van der Waals surface area contributed by atoms with Crippen molar-refractivity contribution in [1.82, 2.24) is 0 Å². The summed E-state index contributed by atoms with van der Waals surface area (Å²) < 4.78 is 2.49. The molecule has 0 N–H and O–H groups in total. The van der Waals surface area contributed by atoms with Gasteiger partial charge in [-0.2, -0.15) is 10.2 Å². The molecule has 1 aromatic carbocycles. The van der Waals surface area contributed by atoms with Gasteiger partial charge in [0.05, 0.1) is 16.1 Å². The Hall–Kier alpha value is -0.0100. The van der Waals surface area contributed by atoms with E-state index in [9.17, 15) is 0 Å². The lowest BCUT2D eigenvalue weighted by Gasteiger charge is -2.10. The molecule has 1 fully saturated rings. The minimum absolute atomic E-state index is 0.906. The van der Waals surface area contributed by atoms with Crippen molar-refractivity contribution in [2.24, 2.45) is 10.2 Å². The highest BCUT2D eigenvalue weighted by Gasteiger charge is 2.05. The normalized spacial score (nSPS) is 16.7. The summed E-state index contributed by atoms with van der Waals surface area (Å²) in [7, 11) is 0. The van der Waals surface area contributed by atoms with Gasteiger partial charge in [0.2, 0.25) is 0 Å². The monoisotopic (exact) mass is 362 g/mol. The van der Waals surface area contributed by atoms with E-state index >= 15 is 0 Å². The molecular formula is C11H11IN2S2. The highest BCUT2D eigenvalue weighted by molar-refractivity contribution is 14.1. The van der Waals surface area contributed by atoms with Crippen LogP contribution in [0.4, 0.5) is 5.69 Å². The largest absolute Gasteiger partial charge is 0.157 e. The van der Waals surface area contributed by atoms with Gasteiger partial charge in [0.15, 0.2) is 0 Å². The zero-order valence-corrected chi connectivity index (χ0v) is 12.4. The predicted octanol–water partition coefficient (Wildman–Crippen LogP) is 5.04. The van der Waals surface area contributed by atoms with E-state index in [2.05, 4.69) is 32.8 Å². The molecule has 1 heterocycles. The molecule has 0 unspecified atom stereocenters. The van der Waals surface area contributed by atoms with Crippen molar-refractivity contribution in [1.29, 1.82) is 0 Å². The Balaban J connectivity index is 1.95. The molecule has 2 nitrogen and oxygen atoms in total. The average Bonchev–Trinajstić information content (AvgIpc) is 2.33. The van der Waals surface area contributed by atoms with Gasteiger partial charge in [-0.05, 0) is 64.8 Å². The summed E-state index contributed by atoms with van der Waals surface area (Å²) in [5.74, 6) is 2.41. The van der Waals surface area contributed by atoms with Crippen molar-refractivity contribution in [3.8, 4) is 0 Å². The first-order chi connectivity index (χ1) is 7.84. The van der Waals surface area contributed by atoms with Crippen LogP contribution in [-0.2, 0) is 0 Å². The summed E-state index contributed by atoms with van der Waals surface area (Å²) >= 11 is 6.02. The molecule has 0 aliphatic carbocycles. The highest BCUT2D eigenvalue weighted by atomic mass is 127. The first kappa shape index (κ1) is 12.4. The molecule has 0 bridgehead atoms. The molecule has 0 amide bonds. The molecule has 0 saturated carbocycles. The molecule has 1 aliphatic heterocycles. The average molecular weight is 362 g/mol.